The number of hydrogen-bond donors (Lipinski definition) is 1. The van der Waals surface area contributed by atoms with Crippen molar-refractivity contribution in [1.29, 1.82) is 0 Å². The second-order valence-corrected chi connectivity index (χ2v) is 9.68. The van der Waals surface area contributed by atoms with Gasteiger partial charge in [0.1, 0.15) is 16.4 Å². The first-order chi connectivity index (χ1) is 19.2. The molecule has 0 saturated heterocycles. The lowest BCUT2D eigenvalue weighted by Crippen LogP contribution is -2.29. The molecule has 0 spiro atoms. The summed E-state index contributed by atoms with van der Waals surface area (Å²) in [5.74, 6) is 0.409. The molecule has 0 bridgehead atoms. The highest BCUT2D eigenvalue weighted by Crippen LogP contribution is 2.34. The number of para-hydroxylation sites is 1. The fourth-order valence-electron chi connectivity index (χ4n) is 4.57. The monoisotopic (exact) mass is 560 g/mol. The fraction of sp³-hybridized carbons (Fsp3) is 0.138. The van der Waals surface area contributed by atoms with Crippen LogP contribution in [0.3, 0.4) is 0 Å². The molecular formula is C29H23F3N6OS. The van der Waals surface area contributed by atoms with Crippen molar-refractivity contribution in [2.75, 3.05) is 7.05 Å². The summed E-state index contributed by atoms with van der Waals surface area (Å²) in [6.07, 6.45) is -3.52. The van der Waals surface area contributed by atoms with Crippen molar-refractivity contribution in [1.82, 2.24) is 14.9 Å². The molecule has 2 aromatic heterocycles. The predicted molar refractivity (Wildman–Crippen MR) is 155 cm³/mol. The summed E-state index contributed by atoms with van der Waals surface area (Å²) in [4.78, 5) is 30.4. The third-order valence-corrected chi connectivity index (χ3v) is 7.19. The Kier molecular flexibility index (Phi) is 7.40. The highest BCUT2D eigenvalue weighted by atomic mass is 32.2. The number of rotatable bonds is 6. The fourth-order valence-corrected chi connectivity index (χ4v) is 5.19. The number of hydrogen-bond acceptors (Lipinski definition) is 7. The number of halogens is 3. The van der Waals surface area contributed by atoms with Crippen LogP contribution >= 0.6 is 11.8 Å². The molecule has 7 nitrogen and oxygen atoms in total. The van der Waals surface area contributed by atoms with E-state index in [1.54, 1.807) is 47.5 Å². The Bertz CT molecular complexity index is 1760. The molecular weight excluding hydrogens is 537 g/mol. The quantitative estimate of drug-likeness (QED) is 0.277. The molecule has 0 fully saturated rings. The van der Waals surface area contributed by atoms with Gasteiger partial charge in [-0.3, -0.25) is 19.3 Å². The van der Waals surface area contributed by atoms with E-state index in [2.05, 4.69) is 32.0 Å². The lowest BCUT2D eigenvalue weighted by atomic mass is 9.98. The van der Waals surface area contributed by atoms with Crippen molar-refractivity contribution >= 4 is 39.8 Å². The maximum atomic E-state index is 14.2. The van der Waals surface area contributed by atoms with Gasteiger partial charge in [0.25, 0.3) is 5.56 Å². The van der Waals surface area contributed by atoms with Gasteiger partial charge in [-0.15, -0.1) is 0 Å². The Balaban J connectivity index is 1.73. The molecule has 4 aromatic rings. The van der Waals surface area contributed by atoms with E-state index in [0.717, 1.165) is 12.3 Å². The standard InChI is InChI=1S/C29H23F3N6OS/c1-17(37-26(33-2)25-27(34-3)40-16-36-25)22-14-19-8-7-11-21(18-12-13-35-23(15-18)29(30,31)32)24(19)28(39)38(22)20-9-5-4-6-10-20/h4-17,37H,2H2,1,3H3/b26-25-,34-27+/t17-/m0/s1. The van der Waals surface area contributed by atoms with Crippen molar-refractivity contribution in [2.45, 2.75) is 19.1 Å². The minimum atomic E-state index is -4.62. The molecule has 0 saturated carbocycles. The average Bonchev–Trinajstić information content (AvgIpc) is 3.44. The molecule has 0 amide bonds. The van der Waals surface area contributed by atoms with E-state index < -0.39 is 17.9 Å². The van der Waals surface area contributed by atoms with Crippen LogP contribution in [0, 0.1) is 0 Å². The van der Waals surface area contributed by atoms with Crippen molar-refractivity contribution in [3.05, 3.63) is 106 Å². The minimum absolute atomic E-state index is 0.245. The highest BCUT2D eigenvalue weighted by molar-refractivity contribution is 8.26. The zero-order valence-corrected chi connectivity index (χ0v) is 22.3. The van der Waals surface area contributed by atoms with Crippen LogP contribution in [0.5, 0.6) is 0 Å². The largest absolute Gasteiger partial charge is 0.433 e. The third kappa shape index (κ3) is 5.07. The Hall–Kier alpha value is -4.51. The summed E-state index contributed by atoms with van der Waals surface area (Å²) in [5, 5.41) is 4.86. The van der Waals surface area contributed by atoms with Gasteiger partial charge >= 0.3 is 6.18 Å². The van der Waals surface area contributed by atoms with Crippen molar-refractivity contribution in [3.63, 3.8) is 0 Å². The first-order valence-electron chi connectivity index (χ1n) is 12.1. The second kappa shape index (κ2) is 10.9. The number of alkyl halides is 3. The Morgan fingerprint density at radius 2 is 1.88 bits per heavy atom. The summed E-state index contributed by atoms with van der Waals surface area (Å²) in [5.41, 5.74) is 2.64. The molecule has 1 atom stereocenters. The first kappa shape index (κ1) is 27.1. The van der Waals surface area contributed by atoms with Crippen molar-refractivity contribution in [2.24, 2.45) is 15.0 Å². The highest BCUT2D eigenvalue weighted by Gasteiger charge is 2.32. The van der Waals surface area contributed by atoms with E-state index in [-0.39, 0.29) is 11.1 Å². The number of thioether (sulfide) groups is 1. The second-order valence-electron chi connectivity index (χ2n) is 8.85. The van der Waals surface area contributed by atoms with Gasteiger partial charge in [-0.25, -0.2) is 9.98 Å². The summed E-state index contributed by atoms with van der Waals surface area (Å²) < 4.78 is 41.8. The molecule has 1 N–H and O–H groups in total. The van der Waals surface area contributed by atoms with Crippen LogP contribution in [0.15, 0.2) is 104 Å². The van der Waals surface area contributed by atoms with Crippen LogP contribution in [-0.2, 0) is 6.18 Å². The molecule has 1 aliphatic heterocycles. The van der Waals surface area contributed by atoms with E-state index >= 15 is 0 Å². The zero-order valence-electron chi connectivity index (χ0n) is 21.5. The third-order valence-electron chi connectivity index (χ3n) is 6.38. The van der Waals surface area contributed by atoms with Gasteiger partial charge < -0.3 is 5.32 Å². The molecule has 2 aromatic carbocycles. The molecule has 202 valence electrons. The number of fused-ring (bicyclic) bond motifs is 1. The minimum Gasteiger partial charge on any atom is -0.360 e. The Morgan fingerprint density at radius 1 is 1.10 bits per heavy atom. The van der Waals surface area contributed by atoms with E-state index in [1.165, 1.54) is 17.8 Å². The molecule has 0 unspecified atom stereocenters. The van der Waals surface area contributed by atoms with Crippen LogP contribution in [0.1, 0.15) is 24.4 Å². The number of aliphatic imine (C=N–C) groups is 3. The average molecular weight is 561 g/mol. The van der Waals surface area contributed by atoms with Crippen LogP contribution < -0.4 is 10.9 Å². The zero-order chi connectivity index (χ0) is 28.4. The van der Waals surface area contributed by atoms with Crippen LogP contribution in [0.2, 0.25) is 0 Å². The molecule has 5 rings (SSSR count). The van der Waals surface area contributed by atoms with Crippen molar-refractivity contribution < 1.29 is 13.2 Å². The molecule has 40 heavy (non-hydrogen) atoms. The Labute approximate surface area is 231 Å². The van der Waals surface area contributed by atoms with Gasteiger partial charge in [0.15, 0.2) is 5.82 Å². The molecule has 0 aliphatic carbocycles. The molecule has 1 aliphatic rings. The summed E-state index contributed by atoms with van der Waals surface area (Å²) in [6.45, 7) is 5.55. The lowest BCUT2D eigenvalue weighted by Gasteiger charge is -2.23. The molecule has 3 heterocycles. The maximum absolute atomic E-state index is 14.2. The normalized spacial score (nSPS) is 16.4. The van der Waals surface area contributed by atoms with Crippen molar-refractivity contribution in [3.8, 4) is 16.8 Å². The molecule has 11 heteroatoms. The Morgan fingerprint density at radius 3 is 2.58 bits per heavy atom. The van der Waals surface area contributed by atoms with Crippen LogP contribution in [-0.4, -0.2) is 33.9 Å². The van der Waals surface area contributed by atoms with E-state index in [1.807, 2.05) is 31.2 Å². The number of nitrogens with one attached hydrogen (secondary N) is 1. The van der Waals surface area contributed by atoms with Crippen LogP contribution in [0.25, 0.3) is 27.6 Å². The van der Waals surface area contributed by atoms with Gasteiger partial charge in [-0.05, 0) is 60.5 Å². The smallest absolute Gasteiger partial charge is 0.360 e. The van der Waals surface area contributed by atoms with Gasteiger partial charge in [0, 0.05) is 24.6 Å². The first-order valence-corrected chi connectivity index (χ1v) is 13.0. The van der Waals surface area contributed by atoms with Crippen LogP contribution in [0.4, 0.5) is 13.2 Å². The van der Waals surface area contributed by atoms with E-state index in [0.29, 0.717) is 44.3 Å². The van der Waals surface area contributed by atoms with E-state index in [4.69, 9.17) is 0 Å². The number of aromatic nitrogens is 2. The summed E-state index contributed by atoms with van der Waals surface area (Å²) >= 11 is 1.37. The predicted octanol–water partition coefficient (Wildman–Crippen LogP) is 6.40. The SMILES string of the molecule is C=N/C(N[C@@H](C)c1cc2cccc(-c3ccnc(C(F)(F)F)c3)c2c(=O)n1-c1ccccc1)=C1/N=CS/C1=N/C. The molecule has 0 radical (unpaired) electrons. The summed E-state index contributed by atoms with van der Waals surface area (Å²) in [7, 11) is 1.66. The number of nitrogens with zero attached hydrogens (tertiary/aromatic N) is 5. The summed E-state index contributed by atoms with van der Waals surface area (Å²) in [6, 6.07) is 18.0. The number of pyridine rings is 2. The van der Waals surface area contributed by atoms with E-state index in [9.17, 15) is 18.0 Å². The van der Waals surface area contributed by atoms with Gasteiger partial charge in [-0.1, -0.05) is 48.2 Å². The van der Waals surface area contributed by atoms with Gasteiger partial charge in [-0.2, -0.15) is 13.2 Å². The topological polar surface area (TPSA) is 84.0 Å². The number of benzene rings is 2. The maximum Gasteiger partial charge on any atom is 0.433 e. The van der Waals surface area contributed by atoms with Gasteiger partial charge in [0.05, 0.1) is 17.0 Å². The lowest BCUT2D eigenvalue weighted by molar-refractivity contribution is -0.141. The van der Waals surface area contributed by atoms with Gasteiger partial charge in [0.2, 0.25) is 0 Å².